The summed E-state index contributed by atoms with van der Waals surface area (Å²) >= 11 is 4.38. The second-order valence-electron chi connectivity index (χ2n) is 22.4. The number of ether oxygens (including phenoxy) is 6. The number of thiazole rings is 5. The number of aromatic nitrogens is 7. The molecule has 12 bridgehead atoms. The van der Waals surface area contributed by atoms with E-state index in [0.717, 1.165) is 56.7 Å². The molecule has 1 fully saturated rings. The normalized spacial score (nSPS) is 24.2. The van der Waals surface area contributed by atoms with Crippen LogP contribution in [0.15, 0.2) is 69.2 Å². The Bertz CT molecular complexity index is 4550. The van der Waals surface area contributed by atoms with Gasteiger partial charge in [-0.1, -0.05) is 18.7 Å². The highest BCUT2D eigenvalue weighted by atomic mass is 32.1. The minimum absolute atomic E-state index is 0.0193. The van der Waals surface area contributed by atoms with E-state index in [1.807, 2.05) is 0 Å². The molecule has 7 aromatic heterocycles. The van der Waals surface area contributed by atoms with Crippen LogP contribution in [0.5, 0.6) is 5.75 Å². The number of carbonyl (C=O) groups excluding carboxylic acids is 8. The first-order valence-electron chi connectivity index (χ1n) is 28.8. The average molecular weight is 1410 g/mol. The van der Waals surface area contributed by atoms with E-state index in [-0.39, 0.29) is 104 Å². The molecule has 96 heavy (non-hydrogen) atoms. The summed E-state index contributed by atoms with van der Waals surface area (Å²) in [5.41, 5.74) is 1.42. The molecule has 4 aliphatic heterocycles. The van der Waals surface area contributed by atoms with Crippen LogP contribution in [0.4, 0.5) is 0 Å². The number of rotatable bonds is 8. The van der Waals surface area contributed by atoms with Gasteiger partial charge in [0.05, 0.1) is 42.7 Å². The van der Waals surface area contributed by atoms with Gasteiger partial charge in [-0.3, -0.25) is 28.8 Å². The van der Waals surface area contributed by atoms with Crippen LogP contribution in [0.3, 0.4) is 0 Å². The Morgan fingerprint density at radius 3 is 2.25 bits per heavy atom. The fourth-order valence-corrected chi connectivity index (χ4v) is 14.9. The third-order valence-corrected chi connectivity index (χ3v) is 20.2. The largest absolute Gasteiger partial charge is 0.506 e. The number of cyclic esters (lactones) is 2. The summed E-state index contributed by atoms with van der Waals surface area (Å²) in [6, 6.07) is 1.06. The predicted molar refractivity (Wildman–Crippen MR) is 339 cm³/mol. The molecule has 0 saturated carbocycles. The molecule has 0 radical (unpaired) electrons. The number of nitrogens with one attached hydrogen (secondary N) is 5. The van der Waals surface area contributed by atoms with E-state index in [1.165, 1.54) is 79.9 Å². The number of aromatic hydroxyl groups is 1. The average Bonchev–Trinajstić information content (AvgIpc) is 1.58. The molecule has 12 rings (SSSR count). The number of benzene rings is 1. The number of aliphatic hydroxyl groups excluding tert-OH is 2. The van der Waals surface area contributed by atoms with Crippen LogP contribution in [-0.2, 0) is 56.0 Å². The summed E-state index contributed by atoms with van der Waals surface area (Å²) in [6.07, 6.45) is -9.79. The Balaban J connectivity index is 1.04. The summed E-state index contributed by atoms with van der Waals surface area (Å²) in [7, 11) is 1.29. The fraction of sp³-hybridized carbons (Fsp3) is 0.322. The van der Waals surface area contributed by atoms with Crippen molar-refractivity contribution in [2.45, 2.75) is 108 Å². The van der Waals surface area contributed by atoms with Gasteiger partial charge in [-0.15, -0.1) is 56.7 Å². The number of nitrogens with two attached hydrogens (primary N) is 1. The van der Waals surface area contributed by atoms with E-state index in [9.17, 15) is 59.2 Å². The minimum atomic E-state index is -1.98. The van der Waals surface area contributed by atoms with Gasteiger partial charge >= 0.3 is 11.9 Å². The summed E-state index contributed by atoms with van der Waals surface area (Å²) in [5.74, 6) is -8.46. The maximum Gasteiger partial charge on any atom is 0.358 e. The lowest BCUT2D eigenvalue weighted by Gasteiger charge is -2.43. The van der Waals surface area contributed by atoms with Crippen LogP contribution in [0, 0.1) is 0 Å². The van der Waals surface area contributed by atoms with E-state index < -0.39 is 151 Å². The summed E-state index contributed by atoms with van der Waals surface area (Å²) < 4.78 is 37.4. The van der Waals surface area contributed by atoms with Gasteiger partial charge in [0.25, 0.3) is 29.5 Å². The molecule has 37 heteroatoms. The topological polar surface area (TPSA) is 462 Å². The summed E-state index contributed by atoms with van der Waals surface area (Å²) in [4.78, 5) is 141. The van der Waals surface area contributed by atoms with E-state index >= 15 is 4.79 Å². The zero-order valence-corrected chi connectivity index (χ0v) is 54.7. The van der Waals surface area contributed by atoms with E-state index in [1.54, 1.807) is 6.07 Å². The third kappa shape index (κ3) is 12.9. The molecule has 1 aromatic carbocycles. The minimum Gasteiger partial charge on any atom is -0.506 e. The molecule has 10 unspecified atom stereocenters. The van der Waals surface area contributed by atoms with Crippen LogP contribution >= 0.6 is 56.7 Å². The van der Waals surface area contributed by atoms with E-state index in [2.05, 4.69) is 48.1 Å². The maximum atomic E-state index is 15.1. The highest BCUT2D eigenvalue weighted by Crippen LogP contribution is 2.43. The van der Waals surface area contributed by atoms with Crippen molar-refractivity contribution in [1.29, 1.82) is 0 Å². The molecular formula is C59H55N13O19S5. The number of fused-ring (bicyclic) bond motifs is 15. The number of primary amides is 1. The fourth-order valence-electron chi connectivity index (χ4n) is 10.8. The molecule has 11 heterocycles. The molecule has 8 aromatic rings. The maximum absolute atomic E-state index is 15.1. The van der Waals surface area contributed by atoms with Crippen molar-refractivity contribution in [1.82, 2.24) is 61.2 Å². The monoisotopic (exact) mass is 1410 g/mol. The van der Waals surface area contributed by atoms with E-state index in [0.29, 0.717) is 4.73 Å². The van der Waals surface area contributed by atoms with Crippen molar-refractivity contribution < 1.29 is 92.4 Å². The second-order valence-corrected chi connectivity index (χ2v) is 26.7. The van der Waals surface area contributed by atoms with Gasteiger partial charge in [-0.25, -0.2) is 39.5 Å². The Hall–Kier alpha value is -9.54. The molecule has 10 atom stereocenters. The second kappa shape index (κ2) is 26.6. The van der Waals surface area contributed by atoms with Crippen molar-refractivity contribution in [3.05, 3.63) is 124 Å². The van der Waals surface area contributed by atoms with Gasteiger partial charge in [-0.05, 0) is 45.4 Å². The number of aliphatic hydroxyl groups is 3. The third-order valence-electron chi connectivity index (χ3n) is 15.8. The van der Waals surface area contributed by atoms with Gasteiger partial charge in [0.2, 0.25) is 5.91 Å². The first kappa shape index (κ1) is 66.5. The Kier molecular flexibility index (Phi) is 18.4. The predicted octanol–water partition coefficient (Wildman–Crippen LogP) is 3.32. The lowest BCUT2D eigenvalue weighted by molar-refractivity contribution is -0.292. The Labute approximate surface area is 560 Å². The summed E-state index contributed by atoms with van der Waals surface area (Å²) in [6.45, 7) is 7.07. The highest BCUT2D eigenvalue weighted by molar-refractivity contribution is 7.14. The number of hydrogen-bond donors (Lipinski definition) is 11. The van der Waals surface area contributed by atoms with Crippen LogP contribution in [0.25, 0.3) is 49.3 Å². The molecule has 4 aliphatic rings. The number of hydrogen-bond acceptors (Lipinski definition) is 30. The molecule has 0 spiro atoms. The number of pyridine rings is 1. The highest BCUT2D eigenvalue weighted by Gasteiger charge is 2.49. The van der Waals surface area contributed by atoms with Gasteiger partial charge in [-0.2, -0.15) is 4.73 Å². The molecule has 6 amide bonds. The number of esters is 2. The number of methoxy groups -OCH3 is 1. The van der Waals surface area contributed by atoms with Crippen LogP contribution < -0.4 is 32.3 Å². The smallest absolute Gasteiger partial charge is 0.358 e. The number of nitrogens with zero attached hydrogens (tertiary/aromatic N) is 7. The molecule has 0 aliphatic carbocycles. The van der Waals surface area contributed by atoms with Gasteiger partial charge < -0.3 is 86.4 Å². The van der Waals surface area contributed by atoms with Crippen LogP contribution in [0.2, 0.25) is 0 Å². The van der Waals surface area contributed by atoms with Crippen LogP contribution in [-0.4, -0.2) is 170 Å². The number of amides is 6. The lowest BCUT2D eigenvalue weighted by atomic mass is 9.89. The first-order valence-corrected chi connectivity index (χ1v) is 33.2. The van der Waals surface area contributed by atoms with Crippen molar-refractivity contribution in [3.8, 4) is 38.4 Å². The number of carbonyl (C=O) groups is 8. The lowest BCUT2D eigenvalue weighted by Crippen LogP contribution is -2.57. The van der Waals surface area contributed by atoms with Crippen LogP contribution in [0.1, 0.15) is 125 Å². The molecular weight excluding hydrogens is 1360 g/mol. The molecule has 500 valence electrons. The first-order chi connectivity index (χ1) is 45.8. The number of allylic oxidation sites excluding steroid dienone is 1. The summed E-state index contributed by atoms with van der Waals surface area (Å²) in [5, 5.41) is 77.3. The quantitative estimate of drug-likeness (QED) is 0.0450. The molecule has 32 nitrogen and oxygen atoms in total. The SMILES string of the molecule is C=C(NC(=O)c1csc(-c2nc3c(cc2O)-c2nc(cs2)C(=O)NC(C(C)O)C(=O)NC(=C(C)OC)c2nc(cs2)C(=O)NC2c4nc(cs4)C(=O)NC(COC(=O)c4c5c6c(cccc6n4O)COC(=O)C(OC4CC(C)(O)C(O)C(C)O4)C2OC5)c2nc-3cs2)n1)C(N)=O. The Morgan fingerprint density at radius 1 is 0.854 bits per heavy atom. The van der Waals surface area contributed by atoms with Crippen molar-refractivity contribution >= 4 is 121 Å². The van der Waals surface area contributed by atoms with Gasteiger partial charge in [0.1, 0.15) is 126 Å². The van der Waals surface area contributed by atoms with Crippen molar-refractivity contribution in [2.75, 3.05) is 13.7 Å². The van der Waals surface area contributed by atoms with Crippen molar-refractivity contribution in [2.24, 2.45) is 5.73 Å². The van der Waals surface area contributed by atoms with Crippen molar-refractivity contribution in [3.63, 3.8) is 0 Å². The zero-order chi connectivity index (χ0) is 68.3. The standard InChI is InChI=1S/C59H55N13O19S5/c1-20(46(60)76)61-47(77)29-17-95-55(66-29)40-34(74)10-25-39(68-40)28-15-93-53(63-28)27-14-89-57(82)42-26-13-87-43(44(91-35-11-59(5,84)45(75)23(4)90-35)58(83)88-12-24-8-7-9-33(36(24)26)72(42)85)41(56-67-30(18-96-56)48(78)62-27)71-50(80)32-19-94-54(65-32)38(22(3)86-6)70-51(81)37(21(2)73)69-49(79)31-16-92-52(25)64-31/h7-10,15-19,21,23,27,35,37,41,43-45,73-75,84-85H,1,11-14H2,2-6H3,(H2,60,76)(H,61,77)(H,62,78)(H,69,79)(H,70,81)(H,71,80). The Morgan fingerprint density at radius 2 is 1.52 bits per heavy atom. The van der Waals surface area contributed by atoms with E-state index in [4.69, 9.17) is 49.1 Å². The van der Waals surface area contributed by atoms with Gasteiger partial charge in [0.15, 0.2) is 18.1 Å². The zero-order valence-electron chi connectivity index (χ0n) is 50.6. The molecule has 12 N–H and O–H groups in total. The molecule has 1 saturated heterocycles. The van der Waals surface area contributed by atoms with Gasteiger partial charge in [0, 0.05) is 49.8 Å².